The number of fused-ring (bicyclic) bond motifs is 1. The van der Waals surface area contributed by atoms with E-state index in [0.29, 0.717) is 5.58 Å². The van der Waals surface area contributed by atoms with Gasteiger partial charge in [-0.2, -0.15) is 13.2 Å². The standard InChI is InChI=1S/C11H9F3O.2C2H6/c1-6-3-7(2)10-8(4-6)9(5-15-10)11(12,13)14;2*1-2/h3-5H,1-2H3;2*1-2H3. The van der Waals surface area contributed by atoms with Gasteiger partial charge >= 0.3 is 6.18 Å². The Labute approximate surface area is 112 Å². The minimum Gasteiger partial charge on any atom is -0.463 e. The summed E-state index contributed by atoms with van der Waals surface area (Å²) in [5.41, 5.74) is 1.13. The van der Waals surface area contributed by atoms with Crippen LogP contribution in [0.15, 0.2) is 22.8 Å². The molecule has 4 heteroatoms. The Balaban J connectivity index is 0.000000741. The van der Waals surface area contributed by atoms with Crippen molar-refractivity contribution in [2.24, 2.45) is 0 Å². The molecule has 1 aromatic heterocycles. The molecule has 0 saturated carbocycles. The highest BCUT2D eigenvalue weighted by molar-refractivity contribution is 5.85. The van der Waals surface area contributed by atoms with E-state index in [9.17, 15) is 13.2 Å². The number of rotatable bonds is 0. The summed E-state index contributed by atoms with van der Waals surface area (Å²) in [6.07, 6.45) is -3.58. The minimum atomic E-state index is -4.36. The molecule has 1 nitrogen and oxygen atoms in total. The molecule has 0 N–H and O–H groups in total. The van der Waals surface area contributed by atoms with Gasteiger partial charge in [0.2, 0.25) is 0 Å². The lowest BCUT2D eigenvalue weighted by atomic mass is 10.1. The lowest BCUT2D eigenvalue weighted by Crippen LogP contribution is -2.03. The van der Waals surface area contributed by atoms with Gasteiger partial charge in [0.15, 0.2) is 0 Å². The first-order valence-electron chi connectivity index (χ1n) is 6.45. The first-order valence-corrected chi connectivity index (χ1v) is 6.45. The molecule has 0 aliphatic carbocycles. The van der Waals surface area contributed by atoms with Crippen LogP contribution >= 0.6 is 0 Å². The molecule has 0 fully saturated rings. The summed E-state index contributed by atoms with van der Waals surface area (Å²) in [6.45, 7) is 11.5. The Hall–Kier alpha value is -1.45. The number of aryl methyl sites for hydroxylation is 2. The summed E-state index contributed by atoms with van der Waals surface area (Å²) in [7, 11) is 0. The Morgan fingerprint density at radius 1 is 0.947 bits per heavy atom. The summed E-state index contributed by atoms with van der Waals surface area (Å²) in [5.74, 6) is 0. The van der Waals surface area contributed by atoms with Gasteiger partial charge in [-0.3, -0.25) is 0 Å². The van der Waals surface area contributed by atoms with Crippen molar-refractivity contribution in [3.63, 3.8) is 0 Å². The van der Waals surface area contributed by atoms with Crippen LogP contribution in [0.5, 0.6) is 0 Å². The molecule has 0 unspecified atom stereocenters. The minimum absolute atomic E-state index is 0.139. The van der Waals surface area contributed by atoms with Crippen molar-refractivity contribution in [3.05, 3.63) is 35.1 Å². The third-order valence-electron chi connectivity index (χ3n) is 2.31. The lowest BCUT2D eigenvalue weighted by Gasteiger charge is -2.04. The van der Waals surface area contributed by atoms with E-state index in [1.807, 2.05) is 27.7 Å². The number of hydrogen-bond donors (Lipinski definition) is 0. The highest BCUT2D eigenvalue weighted by atomic mass is 19.4. The van der Waals surface area contributed by atoms with E-state index in [2.05, 4.69) is 0 Å². The first kappa shape index (κ1) is 17.6. The largest absolute Gasteiger partial charge is 0.463 e. The molecule has 0 saturated heterocycles. The van der Waals surface area contributed by atoms with Crippen molar-refractivity contribution >= 4 is 11.0 Å². The molecule has 0 atom stereocenters. The number of benzene rings is 1. The second-order valence-corrected chi connectivity index (χ2v) is 3.61. The van der Waals surface area contributed by atoms with Crippen LogP contribution in [0.2, 0.25) is 0 Å². The van der Waals surface area contributed by atoms with E-state index in [1.54, 1.807) is 19.9 Å². The summed E-state index contributed by atoms with van der Waals surface area (Å²) < 4.78 is 42.6. The van der Waals surface area contributed by atoms with Gasteiger partial charge in [0.1, 0.15) is 17.4 Å². The molecule has 19 heavy (non-hydrogen) atoms. The zero-order valence-corrected chi connectivity index (χ0v) is 12.3. The fourth-order valence-corrected chi connectivity index (χ4v) is 1.71. The molecule has 0 spiro atoms. The topological polar surface area (TPSA) is 13.1 Å². The van der Waals surface area contributed by atoms with Gasteiger partial charge in [-0.15, -0.1) is 0 Å². The number of halogens is 3. The van der Waals surface area contributed by atoms with Crippen LogP contribution < -0.4 is 0 Å². The zero-order chi connectivity index (χ0) is 15.2. The van der Waals surface area contributed by atoms with Crippen molar-refractivity contribution in [2.75, 3.05) is 0 Å². The van der Waals surface area contributed by atoms with Crippen molar-refractivity contribution in [3.8, 4) is 0 Å². The molecule has 0 aliphatic heterocycles. The van der Waals surface area contributed by atoms with E-state index in [0.717, 1.165) is 17.4 Å². The number of furan rings is 1. The van der Waals surface area contributed by atoms with Gasteiger partial charge in [-0.05, 0) is 31.0 Å². The highest BCUT2D eigenvalue weighted by Crippen LogP contribution is 2.37. The van der Waals surface area contributed by atoms with Crippen LogP contribution in [0.1, 0.15) is 44.4 Å². The normalized spacial score (nSPS) is 10.4. The van der Waals surface area contributed by atoms with E-state index in [4.69, 9.17) is 4.42 Å². The molecular weight excluding hydrogens is 253 g/mol. The Morgan fingerprint density at radius 3 is 1.95 bits per heavy atom. The SMILES string of the molecule is CC.CC.Cc1cc(C)c2occ(C(F)(F)F)c2c1. The van der Waals surface area contributed by atoms with Crippen molar-refractivity contribution in [1.29, 1.82) is 0 Å². The van der Waals surface area contributed by atoms with Crippen LogP contribution in [-0.4, -0.2) is 0 Å². The van der Waals surface area contributed by atoms with Gasteiger partial charge < -0.3 is 4.42 Å². The molecule has 108 valence electrons. The number of alkyl halides is 3. The second-order valence-electron chi connectivity index (χ2n) is 3.61. The van der Waals surface area contributed by atoms with Gasteiger partial charge in [-0.25, -0.2) is 0 Å². The predicted octanol–water partition coefficient (Wildman–Crippen LogP) is 6.12. The summed E-state index contributed by atoms with van der Waals surface area (Å²) in [4.78, 5) is 0. The summed E-state index contributed by atoms with van der Waals surface area (Å²) in [6, 6.07) is 3.29. The predicted molar refractivity (Wildman–Crippen MR) is 73.4 cm³/mol. The quantitative estimate of drug-likeness (QED) is 0.564. The maximum atomic E-state index is 12.6. The molecule has 0 bridgehead atoms. The van der Waals surface area contributed by atoms with Crippen LogP contribution in [0.25, 0.3) is 11.0 Å². The molecule has 2 rings (SSSR count). The fraction of sp³-hybridized carbons (Fsp3) is 0.467. The fourth-order valence-electron chi connectivity index (χ4n) is 1.71. The Morgan fingerprint density at radius 2 is 1.47 bits per heavy atom. The van der Waals surface area contributed by atoms with Gasteiger partial charge in [-0.1, -0.05) is 33.8 Å². The zero-order valence-electron chi connectivity index (χ0n) is 12.3. The van der Waals surface area contributed by atoms with Gasteiger partial charge in [0, 0.05) is 5.39 Å². The monoisotopic (exact) mass is 274 g/mol. The Bertz CT molecular complexity index is 510. The Kier molecular flexibility index (Phi) is 6.67. The molecular formula is C15H21F3O. The molecule has 0 aliphatic rings. The highest BCUT2D eigenvalue weighted by Gasteiger charge is 2.34. The van der Waals surface area contributed by atoms with Crippen LogP contribution in [0.3, 0.4) is 0 Å². The molecule has 0 radical (unpaired) electrons. The average Bonchev–Trinajstić information content (AvgIpc) is 2.78. The van der Waals surface area contributed by atoms with Crippen molar-refractivity contribution in [1.82, 2.24) is 0 Å². The van der Waals surface area contributed by atoms with Gasteiger partial charge in [0.05, 0.1) is 0 Å². The van der Waals surface area contributed by atoms with E-state index in [-0.39, 0.29) is 5.39 Å². The lowest BCUT2D eigenvalue weighted by molar-refractivity contribution is -0.136. The molecule has 2 aromatic rings. The first-order chi connectivity index (χ1) is 8.89. The van der Waals surface area contributed by atoms with Gasteiger partial charge in [0.25, 0.3) is 0 Å². The maximum Gasteiger partial charge on any atom is 0.420 e. The van der Waals surface area contributed by atoms with E-state index in [1.165, 1.54) is 6.07 Å². The second kappa shape index (κ2) is 7.22. The average molecular weight is 274 g/mol. The summed E-state index contributed by atoms with van der Waals surface area (Å²) in [5, 5.41) is 0.139. The maximum absolute atomic E-state index is 12.6. The molecule has 1 aromatic carbocycles. The molecule has 1 heterocycles. The van der Waals surface area contributed by atoms with Crippen molar-refractivity contribution < 1.29 is 17.6 Å². The number of hydrogen-bond acceptors (Lipinski definition) is 1. The van der Waals surface area contributed by atoms with Crippen LogP contribution in [-0.2, 0) is 6.18 Å². The third kappa shape index (κ3) is 4.01. The van der Waals surface area contributed by atoms with Crippen LogP contribution in [0, 0.1) is 13.8 Å². The summed E-state index contributed by atoms with van der Waals surface area (Å²) >= 11 is 0. The van der Waals surface area contributed by atoms with E-state index >= 15 is 0 Å². The smallest absolute Gasteiger partial charge is 0.420 e. The molecule has 0 amide bonds. The van der Waals surface area contributed by atoms with Crippen molar-refractivity contribution in [2.45, 2.75) is 47.7 Å². The van der Waals surface area contributed by atoms with E-state index < -0.39 is 11.7 Å². The van der Waals surface area contributed by atoms with Crippen LogP contribution in [0.4, 0.5) is 13.2 Å². The third-order valence-corrected chi connectivity index (χ3v) is 2.31.